The summed E-state index contributed by atoms with van der Waals surface area (Å²) < 4.78 is 4.62. The summed E-state index contributed by atoms with van der Waals surface area (Å²) in [5.74, 6) is -2.10. The number of aliphatic carboxylic acids is 1. The van der Waals surface area contributed by atoms with E-state index in [1.54, 1.807) is 12.1 Å². The standard InChI is InChI=1S/C9H16N2O4/c1-10-11-4-6(8(12)13)3-7(5-11)9(14)15-2/h6-7,10H,3-5H2,1-2H3,(H,12,13). The van der Waals surface area contributed by atoms with Crippen LogP contribution in [0.3, 0.4) is 0 Å². The van der Waals surface area contributed by atoms with Crippen molar-refractivity contribution in [2.75, 3.05) is 27.2 Å². The Bertz CT molecular complexity index is 256. The Morgan fingerprint density at radius 1 is 1.40 bits per heavy atom. The van der Waals surface area contributed by atoms with E-state index in [-0.39, 0.29) is 11.9 Å². The van der Waals surface area contributed by atoms with Crippen LogP contribution in [-0.2, 0) is 14.3 Å². The summed E-state index contributed by atoms with van der Waals surface area (Å²) in [6, 6.07) is 0. The molecule has 1 saturated heterocycles. The molecular weight excluding hydrogens is 200 g/mol. The van der Waals surface area contributed by atoms with E-state index in [1.807, 2.05) is 0 Å². The van der Waals surface area contributed by atoms with Gasteiger partial charge in [-0.25, -0.2) is 5.01 Å². The molecule has 6 heteroatoms. The molecule has 15 heavy (non-hydrogen) atoms. The summed E-state index contributed by atoms with van der Waals surface area (Å²) in [6.07, 6.45) is 0.347. The van der Waals surface area contributed by atoms with Crippen molar-refractivity contribution < 1.29 is 19.4 Å². The molecule has 0 spiro atoms. The fourth-order valence-corrected chi connectivity index (χ4v) is 1.80. The number of rotatable bonds is 3. The second-order valence-electron chi connectivity index (χ2n) is 3.62. The van der Waals surface area contributed by atoms with E-state index in [1.165, 1.54) is 7.11 Å². The second-order valence-corrected chi connectivity index (χ2v) is 3.62. The lowest BCUT2D eigenvalue weighted by atomic mass is 9.90. The quantitative estimate of drug-likeness (QED) is 0.608. The lowest BCUT2D eigenvalue weighted by Gasteiger charge is -2.33. The van der Waals surface area contributed by atoms with E-state index in [2.05, 4.69) is 10.2 Å². The molecule has 2 unspecified atom stereocenters. The lowest BCUT2D eigenvalue weighted by molar-refractivity contribution is -0.153. The van der Waals surface area contributed by atoms with Crippen LogP contribution < -0.4 is 5.43 Å². The third-order valence-electron chi connectivity index (χ3n) is 2.65. The van der Waals surface area contributed by atoms with Crippen LogP contribution in [0.15, 0.2) is 0 Å². The topological polar surface area (TPSA) is 78.9 Å². The molecule has 0 aliphatic carbocycles. The Hall–Kier alpha value is -1.14. The summed E-state index contributed by atoms with van der Waals surface area (Å²) in [5, 5.41) is 10.6. The van der Waals surface area contributed by atoms with Gasteiger partial charge in [0.25, 0.3) is 0 Å². The van der Waals surface area contributed by atoms with Gasteiger partial charge in [0.1, 0.15) is 0 Å². The number of carboxylic acids is 1. The first-order chi connectivity index (χ1) is 7.08. The molecule has 1 heterocycles. The number of methoxy groups -OCH3 is 1. The minimum atomic E-state index is -0.871. The molecule has 0 radical (unpaired) electrons. The van der Waals surface area contributed by atoms with E-state index in [9.17, 15) is 9.59 Å². The molecule has 0 aromatic carbocycles. The molecule has 2 N–H and O–H groups in total. The second kappa shape index (κ2) is 5.09. The summed E-state index contributed by atoms with van der Waals surface area (Å²) in [4.78, 5) is 22.2. The third kappa shape index (κ3) is 2.90. The molecule has 86 valence electrons. The molecule has 1 aliphatic rings. The Morgan fingerprint density at radius 3 is 2.47 bits per heavy atom. The number of ether oxygens (including phenoxy) is 1. The van der Waals surface area contributed by atoms with Crippen LogP contribution in [0.2, 0.25) is 0 Å². The number of hydrogen-bond acceptors (Lipinski definition) is 5. The predicted molar refractivity (Wildman–Crippen MR) is 51.9 cm³/mol. The van der Waals surface area contributed by atoms with Crippen LogP contribution in [0, 0.1) is 11.8 Å². The van der Waals surface area contributed by atoms with Crippen LogP contribution in [-0.4, -0.2) is 49.3 Å². The van der Waals surface area contributed by atoms with Crippen LogP contribution in [0.5, 0.6) is 0 Å². The van der Waals surface area contributed by atoms with Gasteiger partial charge < -0.3 is 9.84 Å². The van der Waals surface area contributed by atoms with E-state index in [4.69, 9.17) is 5.11 Å². The van der Waals surface area contributed by atoms with Crippen molar-refractivity contribution in [3.05, 3.63) is 0 Å². The number of carboxylic acid groups (broad SMARTS) is 1. The van der Waals surface area contributed by atoms with Crippen molar-refractivity contribution in [1.82, 2.24) is 10.4 Å². The summed E-state index contributed by atoms with van der Waals surface area (Å²) in [7, 11) is 3.02. The van der Waals surface area contributed by atoms with Crippen LogP contribution in [0.25, 0.3) is 0 Å². The normalized spacial score (nSPS) is 27.3. The van der Waals surface area contributed by atoms with Gasteiger partial charge in [-0.3, -0.25) is 15.0 Å². The highest BCUT2D eigenvalue weighted by Gasteiger charge is 2.35. The van der Waals surface area contributed by atoms with Gasteiger partial charge in [0.2, 0.25) is 0 Å². The van der Waals surface area contributed by atoms with Crippen molar-refractivity contribution in [3.8, 4) is 0 Å². The molecule has 0 saturated carbocycles. The smallest absolute Gasteiger partial charge is 0.310 e. The maximum atomic E-state index is 11.3. The zero-order valence-electron chi connectivity index (χ0n) is 8.90. The summed E-state index contributed by atoms with van der Waals surface area (Å²) in [5.41, 5.74) is 2.86. The highest BCUT2D eigenvalue weighted by Crippen LogP contribution is 2.21. The van der Waals surface area contributed by atoms with Gasteiger partial charge in [-0.2, -0.15) is 0 Å². The highest BCUT2D eigenvalue weighted by atomic mass is 16.5. The molecule has 1 rings (SSSR count). The van der Waals surface area contributed by atoms with Crippen molar-refractivity contribution in [2.45, 2.75) is 6.42 Å². The van der Waals surface area contributed by atoms with Gasteiger partial charge in [0.05, 0.1) is 18.9 Å². The number of carbonyl (C=O) groups excluding carboxylic acids is 1. The number of hydrazine groups is 1. The Labute approximate surface area is 88.2 Å². The van der Waals surface area contributed by atoms with E-state index < -0.39 is 11.9 Å². The fraction of sp³-hybridized carbons (Fsp3) is 0.778. The Balaban J connectivity index is 2.66. The summed E-state index contributed by atoms with van der Waals surface area (Å²) in [6.45, 7) is 0.909. The molecule has 2 atom stereocenters. The predicted octanol–water partition coefficient (Wildman–Crippen LogP) is -0.683. The van der Waals surface area contributed by atoms with Gasteiger partial charge in [0, 0.05) is 13.1 Å². The first-order valence-corrected chi connectivity index (χ1v) is 4.81. The molecule has 0 bridgehead atoms. The van der Waals surface area contributed by atoms with Crippen LogP contribution in [0.4, 0.5) is 0 Å². The SMILES string of the molecule is CNN1CC(C(=O)O)CC(C(=O)OC)C1. The van der Waals surface area contributed by atoms with Gasteiger partial charge in [-0.1, -0.05) is 0 Å². The number of esters is 1. The highest BCUT2D eigenvalue weighted by molar-refractivity contribution is 5.75. The van der Waals surface area contributed by atoms with Gasteiger partial charge in [-0.05, 0) is 13.5 Å². The molecule has 1 aliphatic heterocycles. The lowest BCUT2D eigenvalue weighted by Crippen LogP contribution is -2.50. The number of nitrogens with one attached hydrogen (secondary N) is 1. The Kier molecular flexibility index (Phi) is 4.05. The van der Waals surface area contributed by atoms with E-state index >= 15 is 0 Å². The minimum Gasteiger partial charge on any atom is -0.481 e. The Morgan fingerprint density at radius 2 is 2.00 bits per heavy atom. The number of piperidine rings is 1. The first-order valence-electron chi connectivity index (χ1n) is 4.81. The zero-order valence-corrected chi connectivity index (χ0v) is 8.90. The van der Waals surface area contributed by atoms with Crippen molar-refractivity contribution in [2.24, 2.45) is 11.8 Å². The molecule has 0 amide bonds. The summed E-state index contributed by atoms with van der Waals surface area (Å²) >= 11 is 0. The van der Waals surface area contributed by atoms with Gasteiger partial charge >= 0.3 is 11.9 Å². The average molecular weight is 216 g/mol. The molecular formula is C9H16N2O4. The van der Waals surface area contributed by atoms with E-state index in [0.717, 1.165) is 0 Å². The molecule has 1 fully saturated rings. The van der Waals surface area contributed by atoms with Gasteiger partial charge in [-0.15, -0.1) is 0 Å². The zero-order chi connectivity index (χ0) is 11.4. The molecule has 6 nitrogen and oxygen atoms in total. The monoisotopic (exact) mass is 216 g/mol. The van der Waals surface area contributed by atoms with Crippen LogP contribution >= 0.6 is 0 Å². The van der Waals surface area contributed by atoms with Crippen LogP contribution in [0.1, 0.15) is 6.42 Å². The van der Waals surface area contributed by atoms with Crippen molar-refractivity contribution in [1.29, 1.82) is 0 Å². The number of nitrogens with zero attached hydrogens (tertiary/aromatic N) is 1. The van der Waals surface area contributed by atoms with Gasteiger partial charge in [0.15, 0.2) is 0 Å². The maximum Gasteiger partial charge on any atom is 0.310 e. The first kappa shape index (κ1) is 11.9. The van der Waals surface area contributed by atoms with Crippen molar-refractivity contribution >= 4 is 11.9 Å². The molecule has 0 aromatic heterocycles. The number of hydrogen-bond donors (Lipinski definition) is 2. The van der Waals surface area contributed by atoms with Crippen molar-refractivity contribution in [3.63, 3.8) is 0 Å². The third-order valence-corrected chi connectivity index (χ3v) is 2.65. The number of carbonyl (C=O) groups is 2. The average Bonchev–Trinajstić information content (AvgIpc) is 2.27. The molecule has 0 aromatic rings. The maximum absolute atomic E-state index is 11.3. The largest absolute Gasteiger partial charge is 0.481 e. The minimum absolute atomic E-state index is 0.346. The fourth-order valence-electron chi connectivity index (χ4n) is 1.80. The van der Waals surface area contributed by atoms with E-state index in [0.29, 0.717) is 19.5 Å².